The first-order valence-corrected chi connectivity index (χ1v) is 4.89. The first-order valence-electron chi connectivity index (χ1n) is 4.51. The largest absolute Gasteiger partial charge is 0.387 e. The molecule has 0 spiro atoms. The molecule has 1 aliphatic carbocycles. The maximum absolute atomic E-state index is 9.77. The Hall–Kier alpha value is -0.870. The second-order valence-electron chi connectivity index (χ2n) is 3.58. The molecule has 1 N–H and O–H groups in total. The fraction of sp³-hybridized carbons (Fsp3) is 0.556. The van der Waals surface area contributed by atoms with Gasteiger partial charge in [-0.25, -0.2) is 9.67 Å². The molecule has 0 aliphatic heterocycles. The van der Waals surface area contributed by atoms with Gasteiger partial charge in [-0.1, -0.05) is 6.08 Å². The Morgan fingerprint density at radius 3 is 2.79 bits per heavy atom. The summed E-state index contributed by atoms with van der Waals surface area (Å²) < 4.78 is 1.60. The van der Waals surface area contributed by atoms with Crippen molar-refractivity contribution in [2.24, 2.45) is 0 Å². The van der Waals surface area contributed by atoms with Crippen LogP contribution in [-0.2, 0) is 0 Å². The van der Waals surface area contributed by atoms with Gasteiger partial charge in [0.1, 0.15) is 18.7 Å². The van der Waals surface area contributed by atoms with Gasteiger partial charge in [0, 0.05) is 0 Å². The second-order valence-corrected chi connectivity index (χ2v) is 4.33. The Balaban J connectivity index is 2.27. The van der Waals surface area contributed by atoms with Crippen LogP contribution in [0.25, 0.3) is 0 Å². The molecule has 1 fully saturated rings. The van der Waals surface area contributed by atoms with Crippen LogP contribution in [0.3, 0.4) is 0 Å². The highest BCUT2D eigenvalue weighted by Gasteiger charge is 2.51. The lowest BCUT2D eigenvalue weighted by molar-refractivity contribution is 0.141. The summed E-state index contributed by atoms with van der Waals surface area (Å²) in [6.45, 7) is 3.56. The molecule has 0 saturated heterocycles. The molecule has 14 heavy (non-hydrogen) atoms. The number of halogens is 1. The third-order valence-corrected chi connectivity index (χ3v) is 3.15. The predicted octanol–water partition coefficient (Wildman–Crippen LogP) is 1.14. The van der Waals surface area contributed by atoms with Gasteiger partial charge in [0.05, 0.1) is 11.0 Å². The van der Waals surface area contributed by atoms with Crippen LogP contribution in [0.5, 0.6) is 0 Å². The number of aliphatic hydroxyl groups is 1. The van der Waals surface area contributed by atoms with E-state index in [1.807, 2.05) is 0 Å². The molecule has 0 bridgehead atoms. The zero-order valence-electron chi connectivity index (χ0n) is 7.67. The Morgan fingerprint density at radius 1 is 1.64 bits per heavy atom. The van der Waals surface area contributed by atoms with E-state index in [9.17, 15) is 5.11 Å². The van der Waals surface area contributed by atoms with Gasteiger partial charge < -0.3 is 5.11 Å². The van der Waals surface area contributed by atoms with E-state index in [-0.39, 0.29) is 10.9 Å². The quantitative estimate of drug-likeness (QED) is 0.603. The molecule has 1 aliphatic rings. The van der Waals surface area contributed by atoms with Gasteiger partial charge >= 0.3 is 0 Å². The molecule has 4 nitrogen and oxygen atoms in total. The fourth-order valence-corrected chi connectivity index (χ4v) is 1.93. The molecule has 0 aromatic carbocycles. The van der Waals surface area contributed by atoms with E-state index >= 15 is 0 Å². The normalized spacial score (nSPS) is 22.7. The molecular weight excluding hydrogens is 202 g/mol. The summed E-state index contributed by atoms with van der Waals surface area (Å²) in [5.41, 5.74) is 0. The number of nitrogens with zero attached hydrogens (tertiary/aromatic N) is 3. The van der Waals surface area contributed by atoms with E-state index in [2.05, 4.69) is 16.7 Å². The van der Waals surface area contributed by atoms with E-state index in [1.165, 1.54) is 12.4 Å². The Bertz CT molecular complexity index is 321. The van der Waals surface area contributed by atoms with Gasteiger partial charge in [0.15, 0.2) is 0 Å². The Labute approximate surface area is 87.2 Å². The lowest BCUT2D eigenvalue weighted by Crippen LogP contribution is -2.32. The van der Waals surface area contributed by atoms with E-state index in [0.717, 1.165) is 12.8 Å². The first kappa shape index (κ1) is 9.68. The van der Waals surface area contributed by atoms with Gasteiger partial charge in [-0.2, -0.15) is 5.10 Å². The van der Waals surface area contributed by atoms with Crippen LogP contribution in [0.15, 0.2) is 25.3 Å². The summed E-state index contributed by atoms with van der Waals surface area (Å²) in [5, 5.41) is 13.8. The number of hydrogen-bond donors (Lipinski definition) is 1. The minimum atomic E-state index is -0.684. The fourth-order valence-electron chi connectivity index (χ4n) is 1.60. The molecule has 76 valence electrons. The van der Waals surface area contributed by atoms with E-state index in [0.29, 0.717) is 0 Å². The molecule has 0 unspecified atom stereocenters. The maximum atomic E-state index is 9.77. The minimum Gasteiger partial charge on any atom is -0.387 e. The van der Waals surface area contributed by atoms with Crippen LogP contribution < -0.4 is 0 Å². The van der Waals surface area contributed by atoms with Crippen LogP contribution in [0, 0.1) is 0 Å². The first-order chi connectivity index (χ1) is 6.67. The Kier molecular flexibility index (Phi) is 2.33. The Morgan fingerprint density at radius 2 is 2.36 bits per heavy atom. The van der Waals surface area contributed by atoms with Crippen LogP contribution in [-0.4, -0.2) is 30.8 Å². The highest BCUT2D eigenvalue weighted by atomic mass is 35.5. The zero-order chi connectivity index (χ0) is 10.2. The summed E-state index contributed by atoms with van der Waals surface area (Å²) in [4.78, 5) is 3.48. The summed E-state index contributed by atoms with van der Waals surface area (Å²) in [6.07, 6.45) is 5.59. The number of rotatable bonds is 4. The SMILES string of the molecule is C=C[C@@H](O)[C@@H](n1cncn1)C1(Cl)CC1. The molecular formula is C9H12ClN3O. The van der Waals surface area contributed by atoms with Crippen molar-refractivity contribution in [3.05, 3.63) is 25.3 Å². The third kappa shape index (κ3) is 1.55. The summed E-state index contributed by atoms with van der Waals surface area (Å²) in [6, 6.07) is -0.260. The summed E-state index contributed by atoms with van der Waals surface area (Å²) >= 11 is 6.28. The molecule has 1 aromatic rings. The van der Waals surface area contributed by atoms with Gasteiger partial charge in [0.25, 0.3) is 0 Å². The monoisotopic (exact) mass is 213 g/mol. The van der Waals surface area contributed by atoms with Crippen LogP contribution in [0.2, 0.25) is 0 Å². The van der Waals surface area contributed by atoms with Gasteiger partial charge in [-0.05, 0) is 12.8 Å². The van der Waals surface area contributed by atoms with Crippen molar-refractivity contribution < 1.29 is 5.11 Å². The average molecular weight is 214 g/mol. The molecule has 1 saturated carbocycles. The molecule has 0 radical (unpaired) electrons. The average Bonchev–Trinajstić information content (AvgIpc) is 2.69. The predicted molar refractivity (Wildman–Crippen MR) is 53.1 cm³/mol. The van der Waals surface area contributed by atoms with Crippen molar-refractivity contribution in [1.29, 1.82) is 0 Å². The number of hydrogen-bond acceptors (Lipinski definition) is 3. The van der Waals surface area contributed by atoms with Gasteiger partial charge in [-0.3, -0.25) is 0 Å². The molecule has 1 aromatic heterocycles. The van der Waals surface area contributed by atoms with E-state index in [1.54, 1.807) is 11.0 Å². The topological polar surface area (TPSA) is 50.9 Å². The third-order valence-electron chi connectivity index (χ3n) is 2.54. The zero-order valence-corrected chi connectivity index (χ0v) is 8.43. The summed E-state index contributed by atoms with van der Waals surface area (Å²) in [5.74, 6) is 0. The van der Waals surface area contributed by atoms with Crippen molar-refractivity contribution in [3.63, 3.8) is 0 Å². The highest BCUT2D eigenvalue weighted by Crippen LogP contribution is 2.52. The molecule has 5 heteroatoms. The van der Waals surface area contributed by atoms with Crippen LogP contribution in [0.4, 0.5) is 0 Å². The van der Waals surface area contributed by atoms with E-state index in [4.69, 9.17) is 11.6 Å². The van der Waals surface area contributed by atoms with Crippen LogP contribution >= 0.6 is 11.6 Å². The van der Waals surface area contributed by atoms with E-state index < -0.39 is 6.10 Å². The number of aromatic nitrogens is 3. The maximum Gasteiger partial charge on any atom is 0.137 e. The molecule has 2 atom stereocenters. The van der Waals surface area contributed by atoms with Crippen molar-refractivity contribution in [2.75, 3.05) is 0 Å². The van der Waals surface area contributed by atoms with Crippen LogP contribution in [0.1, 0.15) is 18.9 Å². The van der Waals surface area contributed by atoms with Crippen molar-refractivity contribution >= 4 is 11.6 Å². The molecule has 0 amide bonds. The number of alkyl halides is 1. The minimum absolute atomic E-state index is 0.260. The highest BCUT2D eigenvalue weighted by molar-refractivity contribution is 6.26. The molecule has 2 rings (SSSR count). The molecule has 1 heterocycles. The standard InChI is InChI=1S/C9H12ClN3O/c1-2-7(14)8(9(10)3-4-9)13-6-11-5-12-13/h2,5-8,14H,1,3-4H2/t7-,8-/m1/s1. The van der Waals surface area contributed by atoms with Crippen molar-refractivity contribution in [3.8, 4) is 0 Å². The lowest BCUT2D eigenvalue weighted by Gasteiger charge is -2.24. The van der Waals surface area contributed by atoms with Crippen molar-refractivity contribution in [2.45, 2.75) is 29.9 Å². The number of aliphatic hydroxyl groups excluding tert-OH is 1. The van der Waals surface area contributed by atoms with Gasteiger partial charge in [-0.15, -0.1) is 18.2 Å². The van der Waals surface area contributed by atoms with Crippen molar-refractivity contribution in [1.82, 2.24) is 14.8 Å². The van der Waals surface area contributed by atoms with Gasteiger partial charge in [0.2, 0.25) is 0 Å². The second kappa shape index (κ2) is 3.37. The smallest absolute Gasteiger partial charge is 0.137 e. The summed E-state index contributed by atoms with van der Waals surface area (Å²) in [7, 11) is 0. The lowest BCUT2D eigenvalue weighted by atomic mass is 10.1.